The van der Waals surface area contributed by atoms with E-state index in [4.69, 9.17) is 4.98 Å². The molecule has 1 aliphatic rings. The predicted octanol–water partition coefficient (Wildman–Crippen LogP) is 3.62. The van der Waals surface area contributed by atoms with E-state index in [1.807, 2.05) is 24.3 Å². The summed E-state index contributed by atoms with van der Waals surface area (Å²) in [4.78, 5) is 16.4. The molecule has 1 aromatic carbocycles. The molecule has 3 heteroatoms. The standard InChI is InChI=1S/C16H17NO2/c1-9-7-10(2)14-13(8-9)17-12-6-4-3-5-11(12)15(14)16(18)19/h3-6,9-10H,7-8H2,1-2H3,(H,18,19). The van der Waals surface area contributed by atoms with Crippen LogP contribution in [0.3, 0.4) is 0 Å². The molecule has 0 radical (unpaired) electrons. The Labute approximate surface area is 112 Å². The number of nitrogens with zero attached hydrogens (tertiary/aromatic N) is 1. The van der Waals surface area contributed by atoms with E-state index in [-0.39, 0.29) is 5.92 Å². The first-order valence-electron chi connectivity index (χ1n) is 6.72. The summed E-state index contributed by atoms with van der Waals surface area (Å²) in [7, 11) is 0. The molecule has 0 aliphatic heterocycles. The topological polar surface area (TPSA) is 50.2 Å². The molecular formula is C16H17NO2. The van der Waals surface area contributed by atoms with Crippen LogP contribution in [-0.2, 0) is 6.42 Å². The Bertz CT molecular complexity index is 663. The Morgan fingerprint density at radius 3 is 2.79 bits per heavy atom. The lowest BCUT2D eigenvalue weighted by molar-refractivity contribution is 0.0696. The summed E-state index contributed by atoms with van der Waals surface area (Å²) in [6.45, 7) is 4.31. The molecule has 0 saturated carbocycles. The Hall–Kier alpha value is -1.90. The number of hydrogen-bond donors (Lipinski definition) is 1. The van der Waals surface area contributed by atoms with Gasteiger partial charge in [0.15, 0.2) is 0 Å². The fourth-order valence-electron chi connectivity index (χ4n) is 3.33. The number of fused-ring (bicyclic) bond motifs is 2. The quantitative estimate of drug-likeness (QED) is 0.846. The molecule has 0 spiro atoms. The Balaban J connectivity index is 2.39. The number of rotatable bonds is 1. The van der Waals surface area contributed by atoms with E-state index in [1.165, 1.54) is 0 Å². The van der Waals surface area contributed by atoms with Gasteiger partial charge in [0.2, 0.25) is 0 Å². The van der Waals surface area contributed by atoms with Crippen molar-refractivity contribution in [2.24, 2.45) is 5.92 Å². The summed E-state index contributed by atoms with van der Waals surface area (Å²) in [5.74, 6) is -0.00369. The highest BCUT2D eigenvalue weighted by Crippen LogP contribution is 2.38. The summed E-state index contributed by atoms with van der Waals surface area (Å²) < 4.78 is 0. The van der Waals surface area contributed by atoms with E-state index in [0.717, 1.165) is 35.0 Å². The average molecular weight is 255 g/mol. The molecule has 19 heavy (non-hydrogen) atoms. The van der Waals surface area contributed by atoms with Crippen LogP contribution in [0, 0.1) is 5.92 Å². The van der Waals surface area contributed by atoms with Gasteiger partial charge in [0.1, 0.15) is 0 Å². The fraction of sp³-hybridized carbons (Fsp3) is 0.375. The van der Waals surface area contributed by atoms with Gasteiger partial charge in [-0.2, -0.15) is 0 Å². The first-order valence-corrected chi connectivity index (χ1v) is 6.72. The number of aromatic nitrogens is 1. The van der Waals surface area contributed by atoms with Crippen molar-refractivity contribution in [3.63, 3.8) is 0 Å². The van der Waals surface area contributed by atoms with Crippen molar-refractivity contribution >= 4 is 16.9 Å². The summed E-state index contributed by atoms with van der Waals surface area (Å²) in [6, 6.07) is 7.53. The van der Waals surface area contributed by atoms with Crippen molar-refractivity contribution < 1.29 is 9.90 Å². The van der Waals surface area contributed by atoms with Crippen LogP contribution < -0.4 is 0 Å². The Kier molecular flexibility index (Phi) is 2.77. The van der Waals surface area contributed by atoms with Crippen molar-refractivity contribution in [2.75, 3.05) is 0 Å². The maximum Gasteiger partial charge on any atom is 0.336 e. The molecule has 3 nitrogen and oxygen atoms in total. The van der Waals surface area contributed by atoms with Crippen LogP contribution in [-0.4, -0.2) is 16.1 Å². The molecule has 2 aromatic rings. The van der Waals surface area contributed by atoms with Gasteiger partial charge in [0.25, 0.3) is 0 Å². The van der Waals surface area contributed by atoms with Gasteiger partial charge < -0.3 is 5.11 Å². The van der Waals surface area contributed by atoms with Gasteiger partial charge >= 0.3 is 5.97 Å². The second-order valence-electron chi connectivity index (χ2n) is 5.62. The molecule has 0 amide bonds. The normalized spacial score (nSPS) is 22.2. The van der Waals surface area contributed by atoms with E-state index in [0.29, 0.717) is 11.5 Å². The number of pyridine rings is 1. The van der Waals surface area contributed by atoms with E-state index in [9.17, 15) is 9.90 Å². The van der Waals surface area contributed by atoms with Crippen molar-refractivity contribution in [1.82, 2.24) is 4.98 Å². The lowest BCUT2D eigenvalue weighted by Gasteiger charge is -2.28. The van der Waals surface area contributed by atoms with Crippen LogP contribution >= 0.6 is 0 Å². The highest BCUT2D eigenvalue weighted by atomic mass is 16.4. The second-order valence-corrected chi connectivity index (χ2v) is 5.62. The number of para-hydroxylation sites is 1. The lowest BCUT2D eigenvalue weighted by Crippen LogP contribution is -2.20. The van der Waals surface area contributed by atoms with Crippen LogP contribution in [0.5, 0.6) is 0 Å². The SMILES string of the molecule is CC1Cc2nc3ccccc3c(C(=O)O)c2C(C)C1. The lowest BCUT2D eigenvalue weighted by atomic mass is 9.78. The van der Waals surface area contributed by atoms with Crippen LogP contribution in [0.4, 0.5) is 0 Å². The third-order valence-electron chi connectivity index (χ3n) is 4.01. The molecule has 1 aromatic heterocycles. The van der Waals surface area contributed by atoms with E-state index in [1.54, 1.807) is 0 Å². The van der Waals surface area contributed by atoms with Crippen molar-refractivity contribution in [1.29, 1.82) is 0 Å². The van der Waals surface area contributed by atoms with Crippen LogP contribution in [0.1, 0.15) is 47.8 Å². The van der Waals surface area contributed by atoms with Crippen LogP contribution in [0.25, 0.3) is 10.9 Å². The van der Waals surface area contributed by atoms with Gasteiger partial charge in [-0.05, 0) is 36.3 Å². The zero-order chi connectivity index (χ0) is 13.6. The zero-order valence-electron chi connectivity index (χ0n) is 11.2. The van der Waals surface area contributed by atoms with Crippen LogP contribution in [0.15, 0.2) is 24.3 Å². The molecule has 98 valence electrons. The molecule has 1 N–H and O–H groups in total. The number of carboxylic acids is 1. The minimum Gasteiger partial charge on any atom is -0.478 e. The third-order valence-corrected chi connectivity index (χ3v) is 4.01. The molecule has 1 heterocycles. The number of benzene rings is 1. The van der Waals surface area contributed by atoms with Crippen molar-refractivity contribution in [3.8, 4) is 0 Å². The molecular weight excluding hydrogens is 238 g/mol. The van der Waals surface area contributed by atoms with Gasteiger partial charge in [-0.25, -0.2) is 4.79 Å². The third kappa shape index (κ3) is 1.89. The van der Waals surface area contributed by atoms with Gasteiger partial charge in [-0.15, -0.1) is 0 Å². The molecule has 0 saturated heterocycles. The molecule has 2 atom stereocenters. The Morgan fingerprint density at radius 1 is 1.32 bits per heavy atom. The number of hydrogen-bond acceptors (Lipinski definition) is 2. The molecule has 2 unspecified atom stereocenters. The molecule has 0 fully saturated rings. The van der Waals surface area contributed by atoms with Crippen LogP contribution in [0.2, 0.25) is 0 Å². The smallest absolute Gasteiger partial charge is 0.336 e. The van der Waals surface area contributed by atoms with Gasteiger partial charge in [0, 0.05) is 11.1 Å². The molecule has 3 rings (SSSR count). The van der Waals surface area contributed by atoms with Crippen molar-refractivity contribution in [3.05, 3.63) is 41.1 Å². The summed E-state index contributed by atoms with van der Waals surface area (Å²) >= 11 is 0. The predicted molar refractivity (Wildman–Crippen MR) is 74.6 cm³/mol. The first-order chi connectivity index (χ1) is 9.08. The molecule has 0 bridgehead atoms. The minimum atomic E-state index is -0.837. The maximum absolute atomic E-state index is 11.7. The minimum absolute atomic E-state index is 0.266. The molecule has 1 aliphatic carbocycles. The highest BCUT2D eigenvalue weighted by molar-refractivity contribution is 6.04. The zero-order valence-corrected chi connectivity index (χ0v) is 11.2. The van der Waals surface area contributed by atoms with Gasteiger partial charge in [-0.1, -0.05) is 32.0 Å². The highest BCUT2D eigenvalue weighted by Gasteiger charge is 2.29. The Morgan fingerprint density at radius 2 is 2.05 bits per heavy atom. The van der Waals surface area contributed by atoms with Crippen molar-refractivity contribution in [2.45, 2.75) is 32.6 Å². The largest absolute Gasteiger partial charge is 0.478 e. The average Bonchev–Trinajstić information content (AvgIpc) is 2.35. The first kappa shape index (κ1) is 12.2. The summed E-state index contributed by atoms with van der Waals surface area (Å²) in [5.41, 5.74) is 3.17. The number of carbonyl (C=O) groups is 1. The maximum atomic E-state index is 11.7. The number of aromatic carboxylic acids is 1. The van der Waals surface area contributed by atoms with E-state index < -0.39 is 5.97 Å². The van der Waals surface area contributed by atoms with Gasteiger partial charge in [-0.3, -0.25) is 4.98 Å². The second kappa shape index (κ2) is 4.34. The summed E-state index contributed by atoms with van der Waals surface area (Å²) in [5, 5.41) is 10.4. The van der Waals surface area contributed by atoms with E-state index in [2.05, 4.69) is 13.8 Å². The fourth-order valence-corrected chi connectivity index (χ4v) is 3.33. The monoisotopic (exact) mass is 255 g/mol. The van der Waals surface area contributed by atoms with E-state index >= 15 is 0 Å². The summed E-state index contributed by atoms with van der Waals surface area (Å²) in [6.07, 6.45) is 1.91. The number of carboxylic acid groups (broad SMARTS) is 1. The van der Waals surface area contributed by atoms with Gasteiger partial charge in [0.05, 0.1) is 11.1 Å².